The SMILES string of the molecule is O=C1CCC(C(=O)Nc2nncs2)=NN1. The summed E-state index contributed by atoms with van der Waals surface area (Å²) < 4.78 is 0. The van der Waals surface area contributed by atoms with Crippen molar-refractivity contribution in [1.29, 1.82) is 0 Å². The van der Waals surface area contributed by atoms with Crippen LogP contribution >= 0.6 is 11.3 Å². The fourth-order valence-electron chi connectivity index (χ4n) is 1.03. The Morgan fingerprint density at radius 2 is 2.40 bits per heavy atom. The maximum atomic E-state index is 11.5. The van der Waals surface area contributed by atoms with E-state index in [0.717, 1.165) is 0 Å². The highest BCUT2D eigenvalue weighted by Crippen LogP contribution is 2.09. The van der Waals surface area contributed by atoms with Gasteiger partial charge in [0.2, 0.25) is 11.0 Å². The van der Waals surface area contributed by atoms with Crippen molar-refractivity contribution in [3.63, 3.8) is 0 Å². The molecule has 0 bridgehead atoms. The van der Waals surface area contributed by atoms with Crippen molar-refractivity contribution in [1.82, 2.24) is 15.6 Å². The molecule has 15 heavy (non-hydrogen) atoms. The normalized spacial score (nSPS) is 15.5. The van der Waals surface area contributed by atoms with Gasteiger partial charge in [0.1, 0.15) is 11.2 Å². The molecule has 0 aliphatic carbocycles. The Hall–Kier alpha value is -1.83. The molecule has 0 saturated heterocycles. The topological polar surface area (TPSA) is 96.3 Å². The van der Waals surface area contributed by atoms with Gasteiger partial charge in [0.15, 0.2) is 0 Å². The lowest BCUT2D eigenvalue weighted by Gasteiger charge is -2.10. The van der Waals surface area contributed by atoms with Crippen molar-refractivity contribution in [2.75, 3.05) is 5.32 Å². The predicted molar refractivity (Wildman–Crippen MR) is 53.4 cm³/mol. The van der Waals surface area contributed by atoms with Gasteiger partial charge in [-0.2, -0.15) is 5.10 Å². The summed E-state index contributed by atoms with van der Waals surface area (Å²) in [5.41, 5.74) is 4.06. The van der Waals surface area contributed by atoms with Gasteiger partial charge in [-0.3, -0.25) is 14.9 Å². The number of carbonyl (C=O) groups is 2. The minimum Gasteiger partial charge on any atom is -0.295 e. The highest BCUT2D eigenvalue weighted by Gasteiger charge is 2.18. The Bertz CT molecular complexity index is 413. The largest absolute Gasteiger partial charge is 0.295 e. The van der Waals surface area contributed by atoms with E-state index in [2.05, 4.69) is 26.0 Å². The van der Waals surface area contributed by atoms with Crippen LogP contribution in [0.5, 0.6) is 0 Å². The third-order valence-electron chi connectivity index (χ3n) is 1.75. The van der Waals surface area contributed by atoms with Gasteiger partial charge in [-0.15, -0.1) is 10.2 Å². The van der Waals surface area contributed by atoms with Crippen molar-refractivity contribution in [3.05, 3.63) is 5.51 Å². The molecule has 7 nitrogen and oxygen atoms in total. The van der Waals surface area contributed by atoms with Gasteiger partial charge in [-0.25, -0.2) is 5.43 Å². The summed E-state index contributed by atoms with van der Waals surface area (Å²) in [6.45, 7) is 0. The number of hydrazone groups is 1. The van der Waals surface area contributed by atoms with Crippen LogP contribution in [0, 0.1) is 0 Å². The smallest absolute Gasteiger partial charge is 0.273 e. The van der Waals surface area contributed by atoms with Crippen LogP contribution in [0.4, 0.5) is 5.13 Å². The van der Waals surface area contributed by atoms with Gasteiger partial charge in [0.05, 0.1) is 0 Å². The second-order valence-electron chi connectivity index (χ2n) is 2.79. The van der Waals surface area contributed by atoms with E-state index >= 15 is 0 Å². The number of anilines is 1. The van der Waals surface area contributed by atoms with Crippen molar-refractivity contribution in [2.45, 2.75) is 12.8 Å². The van der Waals surface area contributed by atoms with Gasteiger partial charge in [0, 0.05) is 12.8 Å². The van der Waals surface area contributed by atoms with Crippen molar-refractivity contribution < 1.29 is 9.59 Å². The summed E-state index contributed by atoms with van der Waals surface area (Å²) in [5.74, 6) is -0.533. The molecule has 1 aromatic heterocycles. The number of hydrogen-bond acceptors (Lipinski definition) is 6. The molecule has 8 heteroatoms. The van der Waals surface area contributed by atoms with Crippen molar-refractivity contribution >= 4 is 34.0 Å². The second kappa shape index (κ2) is 4.13. The van der Waals surface area contributed by atoms with Crippen LogP contribution in [0.2, 0.25) is 0 Å². The average Bonchev–Trinajstić information content (AvgIpc) is 2.71. The second-order valence-corrected chi connectivity index (χ2v) is 3.62. The number of amides is 2. The highest BCUT2D eigenvalue weighted by atomic mass is 32.1. The molecule has 0 aromatic carbocycles. The Morgan fingerprint density at radius 3 is 3.00 bits per heavy atom. The summed E-state index contributed by atoms with van der Waals surface area (Å²) >= 11 is 1.22. The molecule has 1 aliphatic rings. The molecule has 0 unspecified atom stereocenters. The molecule has 0 fully saturated rings. The quantitative estimate of drug-likeness (QED) is 0.724. The maximum Gasteiger partial charge on any atom is 0.273 e. The van der Waals surface area contributed by atoms with Crippen LogP contribution in [0.3, 0.4) is 0 Å². The first kappa shape index (κ1) is 9.71. The van der Waals surface area contributed by atoms with Gasteiger partial charge >= 0.3 is 0 Å². The molecular weight excluding hydrogens is 218 g/mol. The van der Waals surface area contributed by atoms with E-state index in [0.29, 0.717) is 17.3 Å². The number of carbonyl (C=O) groups excluding carboxylic acids is 2. The predicted octanol–water partition coefficient (Wildman–Crippen LogP) is -0.257. The van der Waals surface area contributed by atoms with Crippen LogP contribution in [-0.4, -0.2) is 27.7 Å². The zero-order chi connectivity index (χ0) is 10.7. The monoisotopic (exact) mass is 225 g/mol. The highest BCUT2D eigenvalue weighted by molar-refractivity contribution is 7.13. The minimum absolute atomic E-state index is 0.178. The molecular formula is C7H7N5O2S. The lowest BCUT2D eigenvalue weighted by Crippen LogP contribution is -2.32. The Balaban J connectivity index is 2.00. The lowest BCUT2D eigenvalue weighted by molar-refractivity contribution is -0.121. The average molecular weight is 225 g/mol. The summed E-state index contributed by atoms with van der Waals surface area (Å²) in [7, 11) is 0. The van der Waals surface area contributed by atoms with Crippen LogP contribution in [0.1, 0.15) is 12.8 Å². The van der Waals surface area contributed by atoms with E-state index in [-0.39, 0.29) is 18.2 Å². The first-order valence-corrected chi connectivity index (χ1v) is 5.06. The summed E-state index contributed by atoms with van der Waals surface area (Å²) in [5, 5.41) is 13.8. The zero-order valence-electron chi connectivity index (χ0n) is 7.56. The first-order valence-electron chi connectivity index (χ1n) is 4.18. The number of hydrogen-bond donors (Lipinski definition) is 2. The Morgan fingerprint density at radius 1 is 1.53 bits per heavy atom. The van der Waals surface area contributed by atoms with E-state index in [9.17, 15) is 9.59 Å². The third-order valence-corrected chi connectivity index (χ3v) is 2.35. The van der Waals surface area contributed by atoms with E-state index in [1.807, 2.05) is 0 Å². The van der Waals surface area contributed by atoms with E-state index in [4.69, 9.17) is 0 Å². The molecule has 2 amide bonds. The van der Waals surface area contributed by atoms with Crippen LogP contribution in [0.25, 0.3) is 0 Å². The minimum atomic E-state index is -0.355. The van der Waals surface area contributed by atoms with E-state index in [1.54, 1.807) is 0 Å². The van der Waals surface area contributed by atoms with Crippen LogP contribution in [-0.2, 0) is 9.59 Å². The van der Waals surface area contributed by atoms with Crippen LogP contribution < -0.4 is 10.7 Å². The maximum absolute atomic E-state index is 11.5. The number of nitrogens with zero attached hydrogens (tertiary/aromatic N) is 3. The van der Waals surface area contributed by atoms with Crippen molar-refractivity contribution in [2.24, 2.45) is 5.10 Å². The lowest BCUT2D eigenvalue weighted by atomic mass is 10.2. The van der Waals surface area contributed by atoms with Crippen molar-refractivity contribution in [3.8, 4) is 0 Å². The fourth-order valence-corrected chi connectivity index (χ4v) is 1.47. The Labute approximate surface area is 88.6 Å². The molecule has 2 heterocycles. The van der Waals surface area contributed by atoms with E-state index < -0.39 is 0 Å². The summed E-state index contributed by atoms with van der Waals surface area (Å²) in [6, 6.07) is 0. The fraction of sp³-hybridized carbons (Fsp3) is 0.286. The van der Waals surface area contributed by atoms with Gasteiger partial charge < -0.3 is 0 Å². The van der Waals surface area contributed by atoms with E-state index in [1.165, 1.54) is 16.8 Å². The Kier molecular flexibility index (Phi) is 2.68. The molecule has 0 radical (unpaired) electrons. The molecule has 1 aliphatic heterocycles. The number of aromatic nitrogens is 2. The summed E-state index contributed by atoms with van der Waals surface area (Å²) in [4.78, 5) is 22.3. The van der Waals surface area contributed by atoms with Gasteiger partial charge in [-0.05, 0) is 0 Å². The standard InChI is InChI=1S/C7H7N5O2S/c13-5-2-1-4(10-11-5)6(14)9-7-12-8-3-15-7/h3H,1-2H2,(H,11,13)(H,9,12,14). The molecule has 0 atom stereocenters. The van der Waals surface area contributed by atoms with Gasteiger partial charge in [0.25, 0.3) is 5.91 Å². The summed E-state index contributed by atoms with van der Waals surface area (Å²) in [6.07, 6.45) is 0.624. The van der Waals surface area contributed by atoms with Crippen LogP contribution in [0.15, 0.2) is 10.6 Å². The molecule has 1 aromatic rings. The molecule has 78 valence electrons. The molecule has 2 N–H and O–H groups in total. The molecule has 0 saturated carbocycles. The molecule has 2 rings (SSSR count). The van der Waals surface area contributed by atoms with Gasteiger partial charge in [-0.1, -0.05) is 11.3 Å². The first-order chi connectivity index (χ1) is 7.25. The molecule has 0 spiro atoms. The number of rotatable bonds is 2. The third kappa shape index (κ3) is 2.34. The number of nitrogens with one attached hydrogen (secondary N) is 2. The zero-order valence-corrected chi connectivity index (χ0v) is 8.37.